The van der Waals surface area contributed by atoms with E-state index in [1.807, 2.05) is 19.9 Å². The number of alkyl halides is 1. The van der Waals surface area contributed by atoms with E-state index in [9.17, 15) is 14.0 Å². The molecule has 2 aliphatic carbocycles. The van der Waals surface area contributed by atoms with E-state index in [0.717, 1.165) is 50.2 Å². The molecule has 0 spiro atoms. The van der Waals surface area contributed by atoms with E-state index in [1.165, 1.54) is 5.57 Å². The zero-order valence-corrected chi connectivity index (χ0v) is 25.7. The number of amides is 2. The van der Waals surface area contributed by atoms with E-state index >= 15 is 0 Å². The van der Waals surface area contributed by atoms with Crippen LogP contribution in [-0.2, 0) is 9.59 Å². The number of nitrogens with zero attached hydrogens (tertiary/aromatic N) is 1. The number of aromatic nitrogens is 2. The summed E-state index contributed by atoms with van der Waals surface area (Å²) in [7, 11) is 0. The van der Waals surface area contributed by atoms with Crippen LogP contribution in [-0.4, -0.2) is 51.1 Å². The number of imidazole rings is 1. The van der Waals surface area contributed by atoms with Crippen LogP contribution in [0.25, 0.3) is 0 Å². The summed E-state index contributed by atoms with van der Waals surface area (Å²) in [6, 6.07) is -0.336. The highest BCUT2D eigenvalue weighted by Gasteiger charge is 2.37. The van der Waals surface area contributed by atoms with Crippen molar-refractivity contribution in [3.63, 3.8) is 0 Å². The third-order valence-corrected chi connectivity index (χ3v) is 7.90. The van der Waals surface area contributed by atoms with Crippen LogP contribution in [0, 0.1) is 40.9 Å². The molecule has 1 saturated heterocycles. The second-order valence-electron chi connectivity index (χ2n) is 12.2. The molecule has 0 aromatic carbocycles. The van der Waals surface area contributed by atoms with Crippen molar-refractivity contribution in [2.75, 3.05) is 6.54 Å². The summed E-state index contributed by atoms with van der Waals surface area (Å²) in [5.74, 6) is 1.28. The number of nitrogens with one attached hydrogen (secondary N) is 6. The molecule has 9 nitrogen and oxygen atoms in total. The van der Waals surface area contributed by atoms with Gasteiger partial charge < -0.3 is 26.4 Å². The van der Waals surface area contributed by atoms with Crippen LogP contribution in [0.1, 0.15) is 110 Å². The first kappa shape index (κ1) is 34.0. The van der Waals surface area contributed by atoms with Gasteiger partial charge in [0.05, 0.1) is 23.6 Å². The van der Waals surface area contributed by atoms with E-state index in [-0.39, 0.29) is 35.2 Å². The summed E-state index contributed by atoms with van der Waals surface area (Å²) in [6.45, 7) is 12.4. The minimum Gasteiger partial charge on any atom is -0.356 e. The van der Waals surface area contributed by atoms with Crippen molar-refractivity contribution >= 4 is 28.9 Å². The summed E-state index contributed by atoms with van der Waals surface area (Å²) < 4.78 is 14.1. The fraction of sp³-hybridized carbons (Fsp3) is 0.677. The topological polar surface area (TPSA) is 158 Å². The van der Waals surface area contributed by atoms with Crippen LogP contribution in [0.15, 0.2) is 17.8 Å². The zero-order chi connectivity index (χ0) is 30.7. The molecule has 228 valence electrons. The number of hydrogen-bond donors (Lipinski definition) is 6. The van der Waals surface area contributed by atoms with Gasteiger partial charge in [-0.05, 0) is 97.0 Å². The predicted molar refractivity (Wildman–Crippen MR) is 163 cm³/mol. The monoisotopic (exact) mass is 571 g/mol. The van der Waals surface area contributed by atoms with Crippen molar-refractivity contribution in [3.05, 3.63) is 29.4 Å². The molecule has 2 amide bonds. The van der Waals surface area contributed by atoms with Gasteiger partial charge >= 0.3 is 0 Å². The van der Waals surface area contributed by atoms with Crippen LogP contribution >= 0.6 is 0 Å². The van der Waals surface area contributed by atoms with Crippen LogP contribution in [0.5, 0.6) is 0 Å². The second kappa shape index (κ2) is 15.7. The SMILES string of the molecule is CC1CCC(=O)NC1.CCC(C)=CC(C)=N.Cc1ncc(C(NC(=O)C(=N)C(=N)C2CC2)C2CCC(C)(F)CC2)[nH]1. The predicted octanol–water partition coefficient (Wildman–Crippen LogP) is 6.16. The molecular weight excluding hydrogens is 521 g/mol. The molecule has 2 unspecified atom stereocenters. The molecule has 1 aromatic heterocycles. The van der Waals surface area contributed by atoms with E-state index in [4.69, 9.17) is 16.2 Å². The number of allylic oxidation sites excluding steroid dienone is 2. The minimum atomic E-state index is -1.14. The molecular formula is C31H50FN7O2. The van der Waals surface area contributed by atoms with Crippen molar-refractivity contribution in [2.24, 2.45) is 17.8 Å². The Balaban J connectivity index is 0.000000300. The highest BCUT2D eigenvalue weighted by atomic mass is 19.1. The Labute approximate surface area is 244 Å². The Bertz CT molecular complexity index is 1100. The number of aromatic amines is 1. The normalized spacial score (nSPS) is 24.9. The highest BCUT2D eigenvalue weighted by Crippen LogP contribution is 2.40. The van der Waals surface area contributed by atoms with Crippen molar-refractivity contribution in [1.29, 1.82) is 16.2 Å². The number of rotatable bonds is 8. The maximum Gasteiger partial charge on any atom is 0.271 e. The number of aryl methyl sites for hydroxylation is 1. The van der Waals surface area contributed by atoms with Gasteiger partial charge in [0, 0.05) is 24.6 Å². The maximum absolute atomic E-state index is 14.1. The Kier molecular flexibility index (Phi) is 13.1. The lowest BCUT2D eigenvalue weighted by Gasteiger charge is -2.35. The summed E-state index contributed by atoms with van der Waals surface area (Å²) in [6.07, 6.45) is 10.5. The van der Waals surface area contributed by atoms with Crippen molar-refractivity contribution in [1.82, 2.24) is 20.6 Å². The molecule has 0 bridgehead atoms. The quantitative estimate of drug-likeness (QED) is 0.207. The van der Waals surface area contributed by atoms with Gasteiger partial charge in [0.1, 0.15) is 17.2 Å². The smallest absolute Gasteiger partial charge is 0.271 e. The number of H-pyrrole nitrogens is 1. The van der Waals surface area contributed by atoms with Crippen molar-refractivity contribution in [3.8, 4) is 0 Å². The Morgan fingerprint density at radius 3 is 2.24 bits per heavy atom. The number of halogens is 1. The van der Waals surface area contributed by atoms with E-state index in [2.05, 4.69) is 34.4 Å². The van der Waals surface area contributed by atoms with Crippen LogP contribution in [0.3, 0.4) is 0 Å². The molecule has 0 radical (unpaired) electrons. The molecule has 41 heavy (non-hydrogen) atoms. The van der Waals surface area contributed by atoms with Gasteiger partial charge in [-0.25, -0.2) is 9.37 Å². The summed E-state index contributed by atoms with van der Waals surface area (Å²) in [4.78, 5) is 30.4. The largest absolute Gasteiger partial charge is 0.356 e. The molecule has 2 heterocycles. The summed E-state index contributed by atoms with van der Waals surface area (Å²) in [5, 5.41) is 28.7. The minimum absolute atomic E-state index is 0.0630. The highest BCUT2D eigenvalue weighted by molar-refractivity contribution is 6.65. The lowest BCUT2D eigenvalue weighted by molar-refractivity contribution is -0.122. The lowest BCUT2D eigenvalue weighted by Crippen LogP contribution is -2.42. The van der Waals surface area contributed by atoms with Crippen molar-refractivity contribution in [2.45, 2.75) is 111 Å². The first-order valence-electron chi connectivity index (χ1n) is 14.9. The molecule has 2 saturated carbocycles. The molecule has 3 fully saturated rings. The molecule has 6 N–H and O–H groups in total. The Morgan fingerprint density at radius 1 is 1.20 bits per heavy atom. The maximum atomic E-state index is 14.1. The molecule has 2 atom stereocenters. The number of carbonyl (C=O) groups is 2. The number of piperidine rings is 1. The standard InChI is InChI=1S/C18H26FN5O.C7H13N.C6H11NO/c1-10-22-9-13(23-10)16(12-5-7-18(2,19)8-6-12)24-17(25)15(21)14(20)11-3-4-11;1-4-6(2)5-7(3)8;1-5-2-3-6(8)7-4-5/h9,11-12,16,20-21H,3-8H2,1-2H3,(H,22,23)(H,24,25);5,8H,4H2,1-3H3;5H,2-4H2,1H3,(H,7,8). The van der Waals surface area contributed by atoms with Crippen LogP contribution in [0.4, 0.5) is 4.39 Å². The van der Waals surface area contributed by atoms with Crippen LogP contribution < -0.4 is 10.6 Å². The first-order valence-corrected chi connectivity index (χ1v) is 14.9. The molecule has 1 aromatic rings. The third-order valence-electron chi connectivity index (χ3n) is 7.90. The van der Waals surface area contributed by atoms with Gasteiger partial charge in [0.25, 0.3) is 5.91 Å². The van der Waals surface area contributed by atoms with E-state index in [0.29, 0.717) is 37.3 Å². The summed E-state index contributed by atoms with van der Waals surface area (Å²) >= 11 is 0. The van der Waals surface area contributed by atoms with Gasteiger partial charge in [-0.3, -0.25) is 15.0 Å². The number of hydrogen-bond acceptors (Lipinski definition) is 6. The molecule has 1 aliphatic heterocycles. The Hall–Kier alpha value is -3.17. The van der Waals surface area contributed by atoms with Gasteiger partial charge in [-0.15, -0.1) is 0 Å². The Morgan fingerprint density at radius 2 is 1.83 bits per heavy atom. The second-order valence-corrected chi connectivity index (χ2v) is 12.2. The molecule has 10 heteroatoms. The van der Waals surface area contributed by atoms with Crippen molar-refractivity contribution < 1.29 is 14.0 Å². The van der Waals surface area contributed by atoms with E-state index < -0.39 is 11.6 Å². The fourth-order valence-electron chi connectivity index (χ4n) is 4.86. The van der Waals surface area contributed by atoms with Gasteiger partial charge in [-0.2, -0.15) is 0 Å². The number of carbonyl (C=O) groups excluding carboxylic acids is 2. The van der Waals surface area contributed by atoms with Gasteiger partial charge in [0.2, 0.25) is 5.91 Å². The molecule has 3 aliphatic rings. The summed E-state index contributed by atoms with van der Waals surface area (Å²) in [5.41, 5.74) is 1.42. The molecule has 4 rings (SSSR count). The first-order chi connectivity index (χ1) is 19.2. The van der Waals surface area contributed by atoms with Crippen LogP contribution in [0.2, 0.25) is 0 Å². The van der Waals surface area contributed by atoms with Gasteiger partial charge in [0.15, 0.2) is 0 Å². The fourth-order valence-corrected chi connectivity index (χ4v) is 4.86. The average molecular weight is 572 g/mol. The third kappa shape index (κ3) is 12.1. The van der Waals surface area contributed by atoms with Gasteiger partial charge in [-0.1, -0.05) is 19.4 Å². The zero-order valence-electron chi connectivity index (χ0n) is 25.7. The lowest BCUT2D eigenvalue weighted by atomic mass is 9.77. The van der Waals surface area contributed by atoms with E-state index in [1.54, 1.807) is 20.0 Å². The average Bonchev–Trinajstić information content (AvgIpc) is 3.68.